The number of benzene rings is 1. The molecule has 1 aliphatic heterocycles. The van der Waals surface area contributed by atoms with Crippen LogP contribution in [0.15, 0.2) is 22.7 Å². The number of nitrogens with zero attached hydrogens (tertiary/aromatic N) is 1. The van der Waals surface area contributed by atoms with Gasteiger partial charge in [0, 0.05) is 4.47 Å². The van der Waals surface area contributed by atoms with Crippen molar-refractivity contribution in [1.29, 1.82) is 0 Å². The topological polar surface area (TPSA) is 54.5 Å². The Balaban J connectivity index is 2.07. The molecular weight excluding hydrogens is 377 g/mol. The van der Waals surface area contributed by atoms with E-state index in [0.717, 1.165) is 32.1 Å². The maximum Gasteiger partial charge on any atom is 0.295 e. The Morgan fingerprint density at radius 2 is 1.88 bits per heavy atom. The third-order valence-electron chi connectivity index (χ3n) is 5.09. The van der Waals surface area contributed by atoms with Crippen LogP contribution in [0.5, 0.6) is 0 Å². The highest BCUT2D eigenvalue weighted by Gasteiger charge is 2.53. The fourth-order valence-corrected chi connectivity index (χ4v) is 4.35. The fourth-order valence-electron chi connectivity index (χ4n) is 4.02. The zero-order valence-corrected chi connectivity index (χ0v) is 15.0. The molecule has 0 bridgehead atoms. The number of amides is 1. The van der Waals surface area contributed by atoms with Gasteiger partial charge in [0.1, 0.15) is 17.5 Å². The van der Waals surface area contributed by atoms with Crippen molar-refractivity contribution >= 4 is 39.1 Å². The van der Waals surface area contributed by atoms with E-state index >= 15 is 0 Å². The SMILES string of the molecule is CC(=O)C1C(=O)C(=O)N(c2ccc(Br)cc2F)C1C1CCCCC1. The normalized spacial score (nSPS) is 25.4. The first kappa shape index (κ1) is 17.3. The molecule has 1 saturated heterocycles. The van der Waals surface area contributed by atoms with Crippen LogP contribution in [0.1, 0.15) is 39.0 Å². The smallest absolute Gasteiger partial charge is 0.295 e. The van der Waals surface area contributed by atoms with Gasteiger partial charge >= 0.3 is 0 Å². The predicted molar refractivity (Wildman–Crippen MR) is 91.1 cm³/mol. The summed E-state index contributed by atoms with van der Waals surface area (Å²) in [6.07, 6.45) is 4.82. The summed E-state index contributed by atoms with van der Waals surface area (Å²) in [5.74, 6) is -3.30. The number of halogens is 2. The predicted octanol–water partition coefficient (Wildman–Crippen LogP) is 3.66. The van der Waals surface area contributed by atoms with E-state index < -0.39 is 29.5 Å². The van der Waals surface area contributed by atoms with Crippen molar-refractivity contribution < 1.29 is 18.8 Å². The van der Waals surface area contributed by atoms with Crippen molar-refractivity contribution in [2.45, 2.75) is 45.1 Å². The quantitative estimate of drug-likeness (QED) is 0.579. The lowest BCUT2D eigenvalue weighted by atomic mass is 9.77. The standard InChI is InChI=1S/C18H19BrFNO3/c1-10(22)15-16(11-5-3-2-4-6-11)21(18(24)17(15)23)14-8-7-12(19)9-13(14)20/h7-9,11,15-16H,2-6H2,1H3. The molecule has 1 saturated carbocycles. The molecule has 3 rings (SSSR count). The molecule has 1 aliphatic carbocycles. The highest BCUT2D eigenvalue weighted by atomic mass is 79.9. The molecule has 1 heterocycles. The average molecular weight is 396 g/mol. The summed E-state index contributed by atoms with van der Waals surface area (Å²) in [6.45, 7) is 1.34. The number of anilines is 1. The lowest BCUT2D eigenvalue weighted by Crippen LogP contribution is -2.43. The zero-order chi connectivity index (χ0) is 17.4. The molecule has 0 N–H and O–H groups in total. The van der Waals surface area contributed by atoms with Crippen molar-refractivity contribution in [3.63, 3.8) is 0 Å². The van der Waals surface area contributed by atoms with Crippen LogP contribution in [0.25, 0.3) is 0 Å². The molecule has 2 aliphatic rings. The lowest BCUT2D eigenvalue weighted by molar-refractivity contribution is -0.138. The number of ketones is 2. The minimum absolute atomic E-state index is 0.0473. The molecule has 0 aromatic heterocycles. The number of hydrogen-bond donors (Lipinski definition) is 0. The summed E-state index contributed by atoms with van der Waals surface area (Å²) in [5.41, 5.74) is 0.0795. The molecule has 0 radical (unpaired) electrons. The van der Waals surface area contributed by atoms with E-state index in [-0.39, 0.29) is 17.4 Å². The van der Waals surface area contributed by atoms with Crippen LogP contribution in [-0.4, -0.2) is 23.5 Å². The first-order valence-electron chi connectivity index (χ1n) is 8.24. The number of carbonyl (C=O) groups is 3. The highest BCUT2D eigenvalue weighted by Crippen LogP contribution is 2.40. The number of carbonyl (C=O) groups excluding carboxylic acids is 3. The molecular formula is C18H19BrFNO3. The van der Waals surface area contributed by atoms with Crippen molar-refractivity contribution in [2.24, 2.45) is 11.8 Å². The molecule has 1 aromatic carbocycles. The van der Waals surface area contributed by atoms with E-state index in [2.05, 4.69) is 15.9 Å². The molecule has 6 heteroatoms. The fraction of sp³-hybridized carbons (Fsp3) is 0.500. The van der Waals surface area contributed by atoms with Gasteiger partial charge in [-0.25, -0.2) is 4.39 Å². The maximum absolute atomic E-state index is 14.5. The monoisotopic (exact) mass is 395 g/mol. The van der Waals surface area contributed by atoms with E-state index in [9.17, 15) is 18.8 Å². The Morgan fingerprint density at radius 3 is 2.46 bits per heavy atom. The van der Waals surface area contributed by atoms with E-state index in [1.165, 1.54) is 24.0 Å². The zero-order valence-electron chi connectivity index (χ0n) is 13.4. The van der Waals surface area contributed by atoms with Crippen LogP contribution < -0.4 is 4.90 Å². The van der Waals surface area contributed by atoms with Gasteiger partial charge in [-0.1, -0.05) is 35.2 Å². The first-order valence-corrected chi connectivity index (χ1v) is 9.04. The lowest BCUT2D eigenvalue weighted by Gasteiger charge is -2.35. The highest BCUT2D eigenvalue weighted by molar-refractivity contribution is 9.10. The van der Waals surface area contributed by atoms with E-state index in [0.29, 0.717) is 4.47 Å². The Kier molecular flexibility index (Phi) is 4.85. The van der Waals surface area contributed by atoms with Gasteiger partial charge in [0.2, 0.25) is 5.78 Å². The molecule has 1 amide bonds. The second-order valence-electron chi connectivity index (χ2n) is 6.61. The Bertz CT molecular complexity index is 700. The summed E-state index contributed by atoms with van der Waals surface area (Å²) in [4.78, 5) is 38.3. The number of rotatable bonds is 3. The van der Waals surface area contributed by atoms with Gasteiger partial charge in [-0.2, -0.15) is 0 Å². The summed E-state index contributed by atoms with van der Waals surface area (Å²) in [5, 5.41) is 0. The van der Waals surface area contributed by atoms with Crippen LogP contribution in [0.3, 0.4) is 0 Å². The average Bonchev–Trinajstić information content (AvgIpc) is 2.81. The molecule has 24 heavy (non-hydrogen) atoms. The first-order chi connectivity index (χ1) is 11.4. The Morgan fingerprint density at radius 1 is 1.21 bits per heavy atom. The van der Waals surface area contributed by atoms with Crippen LogP contribution in [-0.2, 0) is 14.4 Å². The second-order valence-corrected chi connectivity index (χ2v) is 7.53. The van der Waals surface area contributed by atoms with Crippen molar-refractivity contribution in [1.82, 2.24) is 0 Å². The van der Waals surface area contributed by atoms with Gasteiger partial charge < -0.3 is 0 Å². The summed E-state index contributed by atoms with van der Waals surface area (Å²) < 4.78 is 15.0. The van der Waals surface area contributed by atoms with Gasteiger partial charge in [0.15, 0.2) is 0 Å². The minimum Gasteiger partial charge on any atom is -0.299 e. The largest absolute Gasteiger partial charge is 0.299 e. The summed E-state index contributed by atoms with van der Waals surface area (Å²) in [7, 11) is 0. The van der Waals surface area contributed by atoms with E-state index in [4.69, 9.17) is 0 Å². The Hall–Kier alpha value is -1.56. The van der Waals surface area contributed by atoms with E-state index in [1.807, 2.05) is 0 Å². The third kappa shape index (κ3) is 2.92. The van der Waals surface area contributed by atoms with Crippen molar-refractivity contribution in [3.8, 4) is 0 Å². The molecule has 1 aromatic rings. The number of hydrogen-bond acceptors (Lipinski definition) is 3. The van der Waals surface area contributed by atoms with Crippen molar-refractivity contribution in [2.75, 3.05) is 4.90 Å². The van der Waals surface area contributed by atoms with Crippen LogP contribution in [0.4, 0.5) is 10.1 Å². The Labute approximate surface area is 148 Å². The molecule has 2 fully saturated rings. The van der Waals surface area contributed by atoms with Crippen molar-refractivity contribution in [3.05, 3.63) is 28.5 Å². The van der Waals surface area contributed by atoms with Crippen LogP contribution >= 0.6 is 15.9 Å². The van der Waals surface area contributed by atoms with Gasteiger partial charge in [0.05, 0.1) is 11.7 Å². The third-order valence-corrected chi connectivity index (χ3v) is 5.59. The van der Waals surface area contributed by atoms with Crippen LogP contribution in [0, 0.1) is 17.7 Å². The van der Waals surface area contributed by atoms with Gasteiger partial charge in [-0.05, 0) is 43.9 Å². The van der Waals surface area contributed by atoms with Gasteiger partial charge in [-0.15, -0.1) is 0 Å². The summed E-state index contributed by atoms with van der Waals surface area (Å²) >= 11 is 3.19. The molecule has 0 spiro atoms. The minimum atomic E-state index is -0.983. The molecule has 2 unspecified atom stereocenters. The molecule has 128 valence electrons. The van der Waals surface area contributed by atoms with Crippen LogP contribution in [0.2, 0.25) is 0 Å². The molecule has 2 atom stereocenters. The van der Waals surface area contributed by atoms with Gasteiger partial charge in [-0.3, -0.25) is 19.3 Å². The van der Waals surface area contributed by atoms with Gasteiger partial charge in [0.25, 0.3) is 5.91 Å². The maximum atomic E-state index is 14.5. The van der Waals surface area contributed by atoms with E-state index in [1.54, 1.807) is 6.07 Å². The summed E-state index contributed by atoms with van der Waals surface area (Å²) in [6, 6.07) is 3.82. The number of Topliss-reactive ketones (excluding diaryl/α,β-unsaturated/α-hetero) is 2. The molecule has 4 nitrogen and oxygen atoms in total. The second kappa shape index (κ2) is 6.75.